The van der Waals surface area contributed by atoms with Crippen molar-refractivity contribution in [2.75, 3.05) is 20.5 Å². The number of hydrogen-bond acceptors (Lipinski definition) is 8. The van der Waals surface area contributed by atoms with Gasteiger partial charge in [0.2, 0.25) is 6.79 Å². The summed E-state index contributed by atoms with van der Waals surface area (Å²) in [6.07, 6.45) is 4.48. The lowest BCUT2D eigenvalue weighted by molar-refractivity contribution is -0.143. The molecular formula is C34H31NO8. The molecule has 2 heterocycles. The van der Waals surface area contributed by atoms with Crippen LogP contribution >= 0.6 is 0 Å². The number of hydrogen-bond donors (Lipinski definition) is 1. The highest BCUT2D eigenvalue weighted by atomic mass is 16.7. The Morgan fingerprint density at radius 1 is 1.02 bits per heavy atom. The van der Waals surface area contributed by atoms with E-state index in [1.54, 1.807) is 25.3 Å². The van der Waals surface area contributed by atoms with E-state index in [0.29, 0.717) is 52.8 Å². The van der Waals surface area contributed by atoms with Crippen molar-refractivity contribution in [1.29, 1.82) is 0 Å². The molecule has 1 N–H and O–H groups in total. The third kappa shape index (κ3) is 4.80. The standard InChI is InChI=1S/C34H31NO8/c1-4-13-40-23-7-9-26-25(15-23)31(32(33(37)38)34(26,2)21-5-10-27-29(14-21)42-19-41-27)24-8-6-22(39-3)16-28(24)43-30-17-35-12-11-20(30)18-36/h5-12,14-18,31-32H,4,13,19H2,1-3H3,(H,37,38). The highest BCUT2D eigenvalue weighted by Crippen LogP contribution is 2.59. The minimum absolute atomic E-state index is 0.110. The van der Waals surface area contributed by atoms with Gasteiger partial charge in [0.15, 0.2) is 23.5 Å². The number of aldehydes is 1. The summed E-state index contributed by atoms with van der Waals surface area (Å²) in [5.74, 6) is 0.352. The molecule has 0 saturated heterocycles. The third-order valence-electron chi connectivity index (χ3n) is 8.30. The zero-order valence-electron chi connectivity index (χ0n) is 24.0. The molecule has 43 heavy (non-hydrogen) atoms. The van der Waals surface area contributed by atoms with Gasteiger partial charge in [-0.2, -0.15) is 0 Å². The van der Waals surface area contributed by atoms with Gasteiger partial charge in [0.25, 0.3) is 0 Å². The van der Waals surface area contributed by atoms with E-state index in [9.17, 15) is 14.7 Å². The van der Waals surface area contributed by atoms with Crippen molar-refractivity contribution >= 4 is 12.3 Å². The van der Waals surface area contributed by atoms with Gasteiger partial charge in [-0.05, 0) is 59.5 Å². The Kier molecular flexibility index (Phi) is 7.39. The van der Waals surface area contributed by atoms with E-state index >= 15 is 0 Å². The van der Waals surface area contributed by atoms with Crippen LogP contribution in [-0.4, -0.2) is 42.9 Å². The largest absolute Gasteiger partial charge is 0.497 e. The van der Waals surface area contributed by atoms with Crippen molar-refractivity contribution in [1.82, 2.24) is 4.98 Å². The smallest absolute Gasteiger partial charge is 0.308 e. The van der Waals surface area contributed by atoms with E-state index in [4.69, 9.17) is 23.7 Å². The lowest BCUT2D eigenvalue weighted by Gasteiger charge is -2.33. The van der Waals surface area contributed by atoms with Gasteiger partial charge in [0, 0.05) is 29.2 Å². The molecule has 0 bridgehead atoms. The van der Waals surface area contributed by atoms with E-state index in [0.717, 1.165) is 23.1 Å². The molecule has 0 spiro atoms. The van der Waals surface area contributed by atoms with Crippen LogP contribution in [-0.2, 0) is 10.2 Å². The summed E-state index contributed by atoms with van der Waals surface area (Å²) in [5, 5.41) is 11.0. The van der Waals surface area contributed by atoms with Crippen molar-refractivity contribution in [2.45, 2.75) is 31.6 Å². The minimum atomic E-state index is -0.978. The molecular weight excluding hydrogens is 550 g/mol. The normalized spacial score (nSPS) is 19.9. The predicted octanol–water partition coefficient (Wildman–Crippen LogP) is 6.36. The number of ether oxygens (including phenoxy) is 5. The summed E-state index contributed by atoms with van der Waals surface area (Å²) in [6.45, 7) is 4.61. The van der Waals surface area contributed by atoms with E-state index < -0.39 is 23.2 Å². The number of rotatable bonds is 10. The number of carboxylic acid groups (broad SMARTS) is 1. The molecule has 220 valence electrons. The van der Waals surface area contributed by atoms with Gasteiger partial charge in [-0.3, -0.25) is 14.6 Å². The van der Waals surface area contributed by atoms with Crippen LogP contribution in [0.1, 0.15) is 58.8 Å². The quantitative estimate of drug-likeness (QED) is 0.214. The molecule has 0 radical (unpaired) electrons. The van der Waals surface area contributed by atoms with E-state index in [1.807, 2.05) is 56.3 Å². The molecule has 1 aliphatic heterocycles. The van der Waals surface area contributed by atoms with Crippen LogP contribution in [0.5, 0.6) is 34.5 Å². The summed E-state index contributed by atoms with van der Waals surface area (Å²) in [5.41, 5.74) is 2.39. The zero-order chi connectivity index (χ0) is 30.1. The van der Waals surface area contributed by atoms with E-state index in [2.05, 4.69) is 4.98 Å². The second-order valence-electron chi connectivity index (χ2n) is 10.7. The monoisotopic (exact) mass is 581 g/mol. The van der Waals surface area contributed by atoms with Crippen LogP contribution in [0.4, 0.5) is 0 Å². The van der Waals surface area contributed by atoms with Gasteiger partial charge < -0.3 is 28.8 Å². The molecule has 3 unspecified atom stereocenters. The highest BCUT2D eigenvalue weighted by Gasteiger charge is 2.55. The number of pyridine rings is 1. The van der Waals surface area contributed by atoms with Crippen molar-refractivity contribution < 1.29 is 38.4 Å². The average molecular weight is 582 g/mol. The lowest BCUT2D eigenvalue weighted by atomic mass is 9.68. The van der Waals surface area contributed by atoms with Gasteiger partial charge in [-0.25, -0.2) is 0 Å². The first kappa shape index (κ1) is 28.1. The molecule has 6 rings (SSSR count). The van der Waals surface area contributed by atoms with Gasteiger partial charge in [0.05, 0.1) is 31.4 Å². The molecule has 3 atom stereocenters. The Hall–Kier alpha value is -5.05. The molecule has 9 heteroatoms. The highest BCUT2D eigenvalue weighted by molar-refractivity contribution is 5.81. The topological polar surface area (TPSA) is 113 Å². The molecule has 0 saturated carbocycles. The first-order valence-corrected chi connectivity index (χ1v) is 14.0. The van der Waals surface area contributed by atoms with Crippen LogP contribution < -0.4 is 23.7 Å². The van der Waals surface area contributed by atoms with Crippen molar-refractivity contribution in [3.05, 3.63) is 101 Å². The minimum Gasteiger partial charge on any atom is -0.497 e. The maximum Gasteiger partial charge on any atom is 0.308 e. The van der Waals surface area contributed by atoms with Crippen LogP contribution in [0.3, 0.4) is 0 Å². The number of aromatic nitrogens is 1. The van der Waals surface area contributed by atoms with E-state index in [1.165, 1.54) is 12.4 Å². The Morgan fingerprint density at radius 3 is 2.60 bits per heavy atom. The predicted molar refractivity (Wildman–Crippen MR) is 157 cm³/mol. The number of carbonyl (C=O) groups is 2. The Balaban J connectivity index is 1.58. The first-order chi connectivity index (χ1) is 20.9. The van der Waals surface area contributed by atoms with Crippen LogP contribution in [0, 0.1) is 5.92 Å². The maximum absolute atomic E-state index is 13.4. The number of carbonyl (C=O) groups excluding carboxylic acids is 1. The molecule has 3 aromatic carbocycles. The summed E-state index contributed by atoms with van der Waals surface area (Å²) >= 11 is 0. The second-order valence-corrected chi connectivity index (χ2v) is 10.7. The zero-order valence-corrected chi connectivity index (χ0v) is 24.0. The fourth-order valence-electron chi connectivity index (χ4n) is 6.23. The fraction of sp³-hybridized carbons (Fsp3) is 0.265. The molecule has 0 fully saturated rings. The summed E-state index contributed by atoms with van der Waals surface area (Å²) in [4.78, 5) is 29.3. The average Bonchev–Trinajstić information content (AvgIpc) is 3.60. The Labute approximate surface area is 249 Å². The number of benzene rings is 3. The van der Waals surface area contributed by atoms with E-state index in [-0.39, 0.29) is 12.5 Å². The number of aliphatic carboxylic acids is 1. The fourth-order valence-corrected chi connectivity index (χ4v) is 6.23. The van der Waals surface area contributed by atoms with Gasteiger partial charge in [0.1, 0.15) is 17.2 Å². The van der Waals surface area contributed by atoms with Gasteiger partial charge in [-0.1, -0.05) is 32.0 Å². The molecule has 1 aliphatic carbocycles. The third-order valence-corrected chi connectivity index (χ3v) is 8.30. The molecule has 9 nitrogen and oxygen atoms in total. The molecule has 2 aliphatic rings. The number of nitrogens with zero attached hydrogens (tertiary/aromatic N) is 1. The Morgan fingerprint density at radius 2 is 1.84 bits per heavy atom. The van der Waals surface area contributed by atoms with Crippen molar-refractivity contribution in [2.24, 2.45) is 5.92 Å². The SMILES string of the molecule is CCCOc1ccc2c(c1)C(c1ccc(OC)cc1Oc1cnccc1C=O)C(C(=O)O)C2(C)c1ccc2c(c1)OCO2. The van der Waals surface area contributed by atoms with Gasteiger partial charge >= 0.3 is 5.97 Å². The van der Waals surface area contributed by atoms with Crippen LogP contribution in [0.25, 0.3) is 0 Å². The molecule has 1 aromatic heterocycles. The Bertz CT molecular complexity index is 1700. The van der Waals surface area contributed by atoms with Gasteiger partial charge in [-0.15, -0.1) is 0 Å². The van der Waals surface area contributed by atoms with Crippen LogP contribution in [0.2, 0.25) is 0 Å². The van der Waals surface area contributed by atoms with Crippen molar-refractivity contribution in [3.8, 4) is 34.5 Å². The summed E-state index contributed by atoms with van der Waals surface area (Å²) in [6, 6.07) is 18.2. The summed E-state index contributed by atoms with van der Waals surface area (Å²) in [7, 11) is 1.54. The molecule has 4 aromatic rings. The number of fused-ring (bicyclic) bond motifs is 2. The lowest BCUT2D eigenvalue weighted by Crippen LogP contribution is -2.37. The van der Waals surface area contributed by atoms with Crippen LogP contribution in [0.15, 0.2) is 73.1 Å². The van der Waals surface area contributed by atoms with Crippen molar-refractivity contribution in [3.63, 3.8) is 0 Å². The summed E-state index contributed by atoms with van der Waals surface area (Å²) < 4.78 is 29.0. The second kappa shape index (κ2) is 11.3. The maximum atomic E-state index is 13.4. The first-order valence-electron chi connectivity index (χ1n) is 14.0. The number of methoxy groups -OCH3 is 1. The molecule has 0 amide bonds. The number of carboxylic acids is 1.